The monoisotopic (exact) mass is 281 g/mol. The number of hydrogen-bond acceptors (Lipinski definition) is 3. The van der Waals surface area contributed by atoms with E-state index in [1.807, 2.05) is 0 Å². The van der Waals surface area contributed by atoms with Crippen LogP contribution in [-0.2, 0) is 14.3 Å². The molecule has 0 aromatic carbocycles. The molecule has 20 heavy (non-hydrogen) atoms. The van der Waals surface area contributed by atoms with Crippen molar-refractivity contribution in [2.45, 2.75) is 32.1 Å². The third kappa shape index (κ3) is 2.87. The fraction of sp³-hybridized carbons (Fsp3) is 0.733. The van der Waals surface area contributed by atoms with Gasteiger partial charge >= 0.3 is 5.97 Å². The molecular weight excluding hydrogens is 258 g/mol. The van der Waals surface area contributed by atoms with Crippen LogP contribution >= 0.6 is 0 Å². The van der Waals surface area contributed by atoms with E-state index >= 15 is 0 Å². The van der Waals surface area contributed by atoms with Crippen molar-refractivity contribution in [2.24, 2.45) is 11.3 Å². The standard InChI is InChI=1S/C15H23NO4/c1-2-8-20-9-4-6-13(17)16-10-12-5-3-7-15(12,11-16)14(18)19/h2,12H,1,3-11H2,(H,18,19)/t12-,15+/m0/s1. The minimum Gasteiger partial charge on any atom is -0.481 e. The highest BCUT2D eigenvalue weighted by molar-refractivity contribution is 5.81. The zero-order valence-corrected chi connectivity index (χ0v) is 11.8. The molecule has 2 aliphatic rings. The van der Waals surface area contributed by atoms with Crippen molar-refractivity contribution in [3.8, 4) is 0 Å². The van der Waals surface area contributed by atoms with Gasteiger partial charge in [-0.05, 0) is 25.2 Å². The zero-order valence-electron chi connectivity index (χ0n) is 11.8. The first-order valence-corrected chi connectivity index (χ1v) is 7.30. The lowest BCUT2D eigenvalue weighted by Gasteiger charge is -2.23. The summed E-state index contributed by atoms with van der Waals surface area (Å²) in [5, 5.41) is 9.48. The van der Waals surface area contributed by atoms with Crippen molar-refractivity contribution < 1.29 is 19.4 Å². The van der Waals surface area contributed by atoms with E-state index in [4.69, 9.17) is 4.74 Å². The summed E-state index contributed by atoms with van der Waals surface area (Å²) in [5.41, 5.74) is -0.672. The normalized spacial score (nSPS) is 28.4. The molecule has 1 aliphatic carbocycles. The van der Waals surface area contributed by atoms with Crippen LogP contribution in [0.15, 0.2) is 12.7 Å². The second kappa shape index (κ2) is 6.39. The van der Waals surface area contributed by atoms with Gasteiger partial charge in [-0.15, -0.1) is 6.58 Å². The van der Waals surface area contributed by atoms with Crippen LogP contribution in [0.4, 0.5) is 0 Å². The van der Waals surface area contributed by atoms with Gasteiger partial charge in [0.1, 0.15) is 0 Å². The first kappa shape index (κ1) is 15.0. The summed E-state index contributed by atoms with van der Waals surface area (Å²) in [6, 6.07) is 0. The molecule has 2 rings (SSSR count). The molecule has 0 unspecified atom stereocenters. The number of amides is 1. The van der Waals surface area contributed by atoms with Crippen LogP contribution in [0.3, 0.4) is 0 Å². The summed E-state index contributed by atoms with van der Waals surface area (Å²) >= 11 is 0. The number of nitrogens with zero attached hydrogens (tertiary/aromatic N) is 1. The topological polar surface area (TPSA) is 66.8 Å². The summed E-state index contributed by atoms with van der Waals surface area (Å²) in [7, 11) is 0. The summed E-state index contributed by atoms with van der Waals surface area (Å²) in [6.45, 7) is 5.60. The smallest absolute Gasteiger partial charge is 0.311 e. The maximum absolute atomic E-state index is 12.1. The minimum atomic E-state index is -0.732. The number of fused-ring (bicyclic) bond motifs is 1. The van der Waals surface area contributed by atoms with Crippen LogP contribution in [0.2, 0.25) is 0 Å². The maximum Gasteiger partial charge on any atom is 0.311 e. The Balaban J connectivity index is 1.81. The summed E-state index contributed by atoms with van der Waals surface area (Å²) in [5.74, 6) is -0.534. The van der Waals surface area contributed by atoms with Gasteiger partial charge in [-0.2, -0.15) is 0 Å². The van der Waals surface area contributed by atoms with Gasteiger partial charge in [0.05, 0.1) is 12.0 Å². The third-order valence-electron chi connectivity index (χ3n) is 4.56. The molecule has 2 fully saturated rings. The Labute approximate surface area is 119 Å². The Morgan fingerprint density at radius 3 is 2.95 bits per heavy atom. The highest BCUT2D eigenvalue weighted by atomic mass is 16.5. The SMILES string of the molecule is C=CCOCCCC(=O)N1C[C@@H]2CCC[C@@]2(C(=O)O)C1. The molecule has 5 nitrogen and oxygen atoms in total. The molecule has 1 saturated heterocycles. The van der Waals surface area contributed by atoms with Gasteiger partial charge < -0.3 is 14.7 Å². The maximum atomic E-state index is 12.1. The number of carbonyl (C=O) groups excluding carboxylic acids is 1. The van der Waals surface area contributed by atoms with Gasteiger partial charge in [0.15, 0.2) is 0 Å². The first-order valence-electron chi connectivity index (χ1n) is 7.30. The molecular formula is C15H23NO4. The number of rotatable bonds is 7. The van der Waals surface area contributed by atoms with E-state index in [0.717, 1.165) is 12.8 Å². The molecule has 1 amide bonds. The van der Waals surface area contributed by atoms with Crippen molar-refractivity contribution in [1.82, 2.24) is 4.90 Å². The van der Waals surface area contributed by atoms with Crippen molar-refractivity contribution >= 4 is 11.9 Å². The molecule has 1 N–H and O–H groups in total. The van der Waals surface area contributed by atoms with E-state index in [1.165, 1.54) is 0 Å². The first-order chi connectivity index (χ1) is 9.60. The van der Waals surface area contributed by atoms with Gasteiger partial charge in [0.2, 0.25) is 5.91 Å². The molecule has 0 aromatic rings. The highest BCUT2D eigenvalue weighted by Crippen LogP contribution is 2.48. The van der Waals surface area contributed by atoms with Crippen LogP contribution in [0.5, 0.6) is 0 Å². The van der Waals surface area contributed by atoms with Gasteiger partial charge in [0, 0.05) is 26.1 Å². The van der Waals surface area contributed by atoms with E-state index in [1.54, 1.807) is 11.0 Å². The lowest BCUT2D eigenvalue weighted by molar-refractivity contribution is -0.149. The Kier molecular flexibility index (Phi) is 4.81. The number of carbonyl (C=O) groups is 2. The number of aliphatic carboxylic acids is 1. The number of likely N-dealkylation sites (tertiary alicyclic amines) is 1. The highest BCUT2D eigenvalue weighted by Gasteiger charge is 2.55. The Bertz CT molecular complexity index is 395. The predicted octanol–water partition coefficient (Wildman–Crippen LogP) is 1.68. The Morgan fingerprint density at radius 1 is 1.50 bits per heavy atom. The quantitative estimate of drug-likeness (QED) is 0.569. The van der Waals surface area contributed by atoms with E-state index < -0.39 is 11.4 Å². The average Bonchev–Trinajstić information content (AvgIpc) is 2.95. The third-order valence-corrected chi connectivity index (χ3v) is 4.56. The number of carboxylic acid groups (broad SMARTS) is 1. The second-order valence-electron chi connectivity index (χ2n) is 5.79. The molecule has 0 aromatic heterocycles. The molecule has 1 aliphatic heterocycles. The Hall–Kier alpha value is -1.36. The van der Waals surface area contributed by atoms with E-state index in [0.29, 0.717) is 45.6 Å². The molecule has 1 saturated carbocycles. The molecule has 112 valence electrons. The molecule has 2 atom stereocenters. The zero-order chi connectivity index (χ0) is 14.6. The van der Waals surface area contributed by atoms with Gasteiger partial charge in [-0.1, -0.05) is 12.5 Å². The fourth-order valence-corrected chi connectivity index (χ4v) is 3.48. The lowest BCUT2D eigenvalue weighted by atomic mass is 9.81. The number of hydrogen-bond donors (Lipinski definition) is 1. The minimum absolute atomic E-state index is 0.0576. The van der Waals surface area contributed by atoms with Gasteiger partial charge in [-0.3, -0.25) is 9.59 Å². The summed E-state index contributed by atoms with van der Waals surface area (Å²) in [4.78, 5) is 25.4. The van der Waals surface area contributed by atoms with Crippen LogP contribution in [0, 0.1) is 11.3 Å². The van der Waals surface area contributed by atoms with Crippen LogP contribution < -0.4 is 0 Å². The predicted molar refractivity (Wildman–Crippen MR) is 74.2 cm³/mol. The number of carboxylic acids is 1. The van der Waals surface area contributed by atoms with Crippen molar-refractivity contribution in [3.63, 3.8) is 0 Å². The van der Waals surface area contributed by atoms with Crippen LogP contribution in [-0.4, -0.2) is 48.2 Å². The van der Waals surface area contributed by atoms with Crippen molar-refractivity contribution in [3.05, 3.63) is 12.7 Å². The number of ether oxygens (including phenoxy) is 1. The van der Waals surface area contributed by atoms with E-state index in [9.17, 15) is 14.7 Å². The molecule has 0 radical (unpaired) electrons. The fourth-order valence-electron chi connectivity index (χ4n) is 3.48. The summed E-state index contributed by atoms with van der Waals surface area (Å²) < 4.78 is 5.25. The molecule has 0 spiro atoms. The molecule has 1 heterocycles. The van der Waals surface area contributed by atoms with E-state index in [-0.39, 0.29) is 11.8 Å². The molecule has 0 bridgehead atoms. The second-order valence-corrected chi connectivity index (χ2v) is 5.79. The van der Waals surface area contributed by atoms with Crippen LogP contribution in [0.25, 0.3) is 0 Å². The average molecular weight is 281 g/mol. The van der Waals surface area contributed by atoms with E-state index in [2.05, 4.69) is 6.58 Å². The van der Waals surface area contributed by atoms with Gasteiger partial charge in [-0.25, -0.2) is 0 Å². The largest absolute Gasteiger partial charge is 0.481 e. The van der Waals surface area contributed by atoms with Crippen molar-refractivity contribution in [2.75, 3.05) is 26.3 Å². The van der Waals surface area contributed by atoms with Crippen molar-refractivity contribution in [1.29, 1.82) is 0 Å². The Morgan fingerprint density at radius 2 is 2.30 bits per heavy atom. The molecule has 5 heteroatoms. The summed E-state index contributed by atoms with van der Waals surface area (Å²) in [6.07, 6.45) is 5.39. The lowest BCUT2D eigenvalue weighted by Crippen LogP contribution is -2.37. The van der Waals surface area contributed by atoms with Crippen LogP contribution in [0.1, 0.15) is 32.1 Å². The van der Waals surface area contributed by atoms with Gasteiger partial charge in [0.25, 0.3) is 0 Å².